The third kappa shape index (κ3) is 4.68. The van der Waals surface area contributed by atoms with Crippen molar-refractivity contribution in [1.29, 1.82) is 0 Å². The molecule has 156 valence electrons. The fourth-order valence-electron chi connectivity index (χ4n) is 3.88. The van der Waals surface area contributed by atoms with Gasteiger partial charge in [-0.25, -0.2) is 0 Å². The predicted molar refractivity (Wildman–Crippen MR) is 112 cm³/mol. The van der Waals surface area contributed by atoms with Gasteiger partial charge in [-0.3, -0.25) is 4.90 Å². The Labute approximate surface area is 172 Å². The van der Waals surface area contributed by atoms with Crippen LogP contribution in [0.25, 0.3) is 0 Å². The minimum atomic E-state index is -0.548. The average Bonchev–Trinajstić information content (AvgIpc) is 2.72. The summed E-state index contributed by atoms with van der Waals surface area (Å²) in [5.41, 5.74) is 2.09. The number of hydrogen-bond donors (Lipinski definition) is 2. The molecule has 0 spiro atoms. The number of thiocarbonyl (C=S) groups is 1. The number of morpholine rings is 1. The third-order valence-electron chi connectivity index (χ3n) is 5.54. The van der Waals surface area contributed by atoms with E-state index in [-0.39, 0.29) is 6.04 Å². The van der Waals surface area contributed by atoms with Crippen LogP contribution in [0.2, 0.25) is 0 Å². The standard InChI is InChI=1S/C20H31N3O4S/c1-4-23(13-22-7-9-27-10-8-22)20(28)21-16-11-14-15(12-17(16)24)19(26-3)6-5-18(14)25-2/h5-6,16-17,24H,4,7-13H2,1-3H3,(H,21,28). The highest BCUT2D eigenvalue weighted by Crippen LogP contribution is 2.36. The molecule has 3 rings (SSSR count). The Bertz CT molecular complexity index is 682. The minimum Gasteiger partial charge on any atom is -0.496 e. The predicted octanol–water partition coefficient (Wildman–Crippen LogP) is 1.02. The molecule has 2 aliphatic rings. The number of ether oxygens (including phenoxy) is 3. The molecule has 1 aromatic carbocycles. The molecule has 8 heteroatoms. The molecule has 7 nitrogen and oxygen atoms in total. The first-order valence-electron chi connectivity index (χ1n) is 9.83. The smallest absolute Gasteiger partial charge is 0.170 e. The molecule has 1 aliphatic carbocycles. The second kappa shape index (κ2) is 9.73. The first kappa shape index (κ1) is 21.1. The number of aliphatic hydroxyl groups excluding tert-OH is 1. The monoisotopic (exact) mass is 409 g/mol. The molecule has 2 unspecified atom stereocenters. The summed E-state index contributed by atoms with van der Waals surface area (Å²) in [6.07, 6.45) is 0.589. The molecule has 1 fully saturated rings. The zero-order valence-electron chi connectivity index (χ0n) is 16.9. The lowest BCUT2D eigenvalue weighted by Crippen LogP contribution is -2.55. The first-order valence-corrected chi connectivity index (χ1v) is 10.2. The molecule has 0 amide bonds. The average molecular weight is 410 g/mol. The summed E-state index contributed by atoms with van der Waals surface area (Å²) in [5.74, 6) is 1.61. The van der Waals surface area contributed by atoms with Crippen molar-refractivity contribution in [3.63, 3.8) is 0 Å². The quantitative estimate of drug-likeness (QED) is 0.675. The summed E-state index contributed by atoms with van der Waals surface area (Å²) in [6, 6.07) is 3.64. The molecule has 0 radical (unpaired) electrons. The van der Waals surface area contributed by atoms with Gasteiger partial charge in [0.15, 0.2) is 5.11 Å². The van der Waals surface area contributed by atoms with E-state index in [0.29, 0.717) is 18.0 Å². The van der Waals surface area contributed by atoms with E-state index in [2.05, 4.69) is 22.0 Å². The maximum atomic E-state index is 10.8. The van der Waals surface area contributed by atoms with Gasteiger partial charge >= 0.3 is 0 Å². The summed E-state index contributed by atoms with van der Waals surface area (Å²) in [4.78, 5) is 4.47. The summed E-state index contributed by atoms with van der Waals surface area (Å²) in [7, 11) is 3.32. The number of hydrogen-bond acceptors (Lipinski definition) is 6. The van der Waals surface area contributed by atoms with Crippen molar-refractivity contribution in [2.75, 3.05) is 53.7 Å². The molecule has 2 atom stereocenters. The molecule has 0 saturated carbocycles. The molecule has 1 aliphatic heterocycles. The molecule has 0 aromatic heterocycles. The molecule has 1 saturated heterocycles. The number of nitrogens with one attached hydrogen (secondary N) is 1. The SMILES string of the molecule is CCN(CN1CCOCC1)C(=S)NC1Cc2c(OC)ccc(OC)c2CC1O. The molecule has 1 heterocycles. The van der Waals surface area contributed by atoms with Crippen LogP contribution in [-0.2, 0) is 17.6 Å². The molecular formula is C20H31N3O4S. The van der Waals surface area contributed by atoms with Gasteiger partial charge in [0.2, 0.25) is 0 Å². The lowest BCUT2D eigenvalue weighted by molar-refractivity contribution is 0.0215. The number of methoxy groups -OCH3 is 2. The Balaban J connectivity index is 1.69. The van der Waals surface area contributed by atoms with E-state index in [0.717, 1.165) is 62.1 Å². The van der Waals surface area contributed by atoms with Crippen LogP contribution in [-0.4, -0.2) is 85.9 Å². The van der Waals surface area contributed by atoms with Gasteiger partial charge in [0.1, 0.15) is 11.5 Å². The lowest BCUT2D eigenvalue weighted by Gasteiger charge is -2.37. The highest BCUT2D eigenvalue weighted by atomic mass is 32.1. The van der Waals surface area contributed by atoms with Crippen molar-refractivity contribution < 1.29 is 19.3 Å². The van der Waals surface area contributed by atoms with Gasteiger partial charge in [-0.2, -0.15) is 0 Å². The number of rotatable bonds is 6. The van der Waals surface area contributed by atoms with Crippen LogP contribution in [0.15, 0.2) is 12.1 Å². The normalized spacial score (nSPS) is 22.3. The molecule has 1 aromatic rings. The van der Waals surface area contributed by atoms with Crippen LogP contribution in [0, 0.1) is 0 Å². The van der Waals surface area contributed by atoms with Crippen molar-refractivity contribution in [3.8, 4) is 11.5 Å². The fourth-order valence-corrected chi connectivity index (χ4v) is 4.21. The van der Waals surface area contributed by atoms with E-state index < -0.39 is 6.10 Å². The van der Waals surface area contributed by atoms with Crippen LogP contribution in [0.4, 0.5) is 0 Å². The summed E-state index contributed by atoms with van der Waals surface area (Å²) in [6.45, 7) is 7.01. The Morgan fingerprint density at radius 1 is 1.21 bits per heavy atom. The second-order valence-corrected chi connectivity index (χ2v) is 7.57. The van der Waals surface area contributed by atoms with Crippen molar-refractivity contribution in [2.45, 2.75) is 31.9 Å². The molecule has 28 heavy (non-hydrogen) atoms. The summed E-state index contributed by atoms with van der Waals surface area (Å²) in [5, 5.41) is 14.8. The van der Waals surface area contributed by atoms with Crippen LogP contribution in [0.1, 0.15) is 18.1 Å². The maximum Gasteiger partial charge on any atom is 0.170 e. The molecule has 2 N–H and O–H groups in total. The number of nitrogens with zero attached hydrogens (tertiary/aromatic N) is 2. The van der Waals surface area contributed by atoms with Crippen molar-refractivity contribution in [3.05, 3.63) is 23.3 Å². The van der Waals surface area contributed by atoms with Crippen LogP contribution >= 0.6 is 12.2 Å². The van der Waals surface area contributed by atoms with E-state index >= 15 is 0 Å². The third-order valence-corrected chi connectivity index (χ3v) is 5.92. The molecular weight excluding hydrogens is 378 g/mol. The van der Waals surface area contributed by atoms with Crippen LogP contribution in [0.5, 0.6) is 11.5 Å². The zero-order valence-corrected chi connectivity index (χ0v) is 17.8. The van der Waals surface area contributed by atoms with Gasteiger partial charge < -0.3 is 29.5 Å². The van der Waals surface area contributed by atoms with E-state index in [4.69, 9.17) is 26.4 Å². The van der Waals surface area contributed by atoms with E-state index in [1.165, 1.54) is 0 Å². The Morgan fingerprint density at radius 3 is 2.39 bits per heavy atom. The van der Waals surface area contributed by atoms with Crippen molar-refractivity contribution in [1.82, 2.24) is 15.1 Å². The van der Waals surface area contributed by atoms with E-state index in [9.17, 15) is 5.11 Å². The van der Waals surface area contributed by atoms with Crippen molar-refractivity contribution in [2.24, 2.45) is 0 Å². The van der Waals surface area contributed by atoms with Gasteiger partial charge in [-0.1, -0.05) is 0 Å². The number of fused-ring (bicyclic) bond motifs is 1. The maximum absolute atomic E-state index is 10.8. The summed E-state index contributed by atoms with van der Waals surface area (Å²) >= 11 is 5.68. The van der Waals surface area contributed by atoms with Gasteiger partial charge in [0, 0.05) is 37.2 Å². The van der Waals surface area contributed by atoms with Gasteiger partial charge in [-0.05, 0) is 37.7 Å². The number of benzene rings is 1. The Kier molecular flexibility index (Phi) is 7.34. The second-order valence-electron chi connectivity index (χ2n) is 7.19. The van der Waals surface area contributed by atoms with E-state index in [1.807, 2.05) is 12.1 Å². The summed E-state index contributed by atoms with van der Waals surface area (Å²) < 4.78 is 16.4. The van der Waals surface area contributed by atoms with Gasteiger partial charge in [-0.15, -0.1) is 0 Å². The zero-order chi connectivity index (χ0) is 20.1. The minimum absolute atomic E-state index is 0.167. The fraction of sp³-hybridized carbons (Fsp3) is 0.650. The molecule has 0 bridgehead atoms. The van der Waals surface area contributed by atoms with E-state index in [1.54, 1.807) is 14.2 Å². The topological polar surface area (TPSA) is 66.4 Å². The van der Waals surface area contributed by atoms with Crippen LogP contribution in [0.3, 0.4) is 0 Å². The highest BCUT2D eigenvalue weighted by Gasteiger charge is 2.32. The Hall–Kier alpha value is -1.61. The van der Waals surface area contributed by atoms with Gasteiger partial charge in [0.05, 0.1) is 46.2 Å². The first-order chi connectivity index (χ1) is 13.6. The van der Waals surface area contributed by atoms with Crippen LogP contribution < -0.4 is 14.8 Å². The largest absolute Gasteiger partial charge is 0.496 e. The van der Waals surface area contributed by atoms with Gasteiger partial charge in [0.25, 0.3) is 0 Å². The Morgan fingerprint density at radius 2 is 1.82 bits per heavy atom. The van der Waals surface area contributed by atoms with Crippen molar-refractivity contribution >= 4 is 17.3 Å². The number of aliphatic hydroxyl groups is 1. The lowest BCUT2D eigenvalue weighted by atomic mass is 9.85. The highest BCUT2D eigenvalue weighted by molar-refractivity contribution is 7.80.